The second kappa shape index (κ2) is 5.23. The van der Waals surface area contributed by atoms with Gasteiger partial charge in [-0.05, 0) is 68.6 Å². The smallest absolute Gasteiger partial charge is 0.220 e. The molecule has 1 heterocycles. The quantitative estimate of drug-likeness (QED) is 0.784. The van der Waals surface area contributed by atoms with Crippen LogP contribution in [0.25, 0.3) is 0 Å². The van der Waals surface area contributed by atoms with Gasteiger partial charge >= 0.3 is 0 Å². The number of amides is 1. The number of hydrogen-bond donors (Lipinski definition) is 1. The number of carbonyl (C=O) groups is 1. The van der Waals surface area contributed by atoms with Crippen molar-refractivity contribution in [2.45, 2.75) is 68.2 Å². The van der Waals surface area contributed by atoms with E-state index in [2.05, 4.69) is 21.2 Å². The minimum atomic E-state index is 0.253. The van der Waals surface area contributed by atoms with Gasteiger partial charge in [-0.25, -0.2) is 0 Å². The molecule has 4 heteroatoms. The summed E-state index contributed by atoms with van der Waals surface area (Å²) in [5.74, 6) is 1.97. The van der Waals surface area contributed by atoms with E-state index in [1.807, 2.05) is 0 Å². The first-order chi connectivity index (χ1) is 10.0. The summed E-state index contributed by atoms with van der Waals surface area (Å²) < 4.78 is 5.94. The van der Waals surface area contributed by atoms with Crippen LogP contribution in [0.3, 0.4) is 0 Å². The van der Waals surface area contributed by atoms with E-state index in [1.54, 1.807) is 0 Å². The van der Waals surface area contributed by atoms with Crippen LogP contribution in [0.2, 0.25) is 0 Å². The maximum absolute atomic E-state index is 12.4. The molecule has 4 aliphatic carbocycles. The minimum Gasteiger partial charge on any atom is -0.376 e. The van der Waals surface area contributed by atoms with Crippen LogP contribution < -0.4 is 5.32 Å². The van der Waals surface area contributed by atoms with Crippen LogP contribution in [0.5, 0.6) is 0 Å². The lowest BCUT2D eigenvalue weighted by atomic mass is 9.48. The highest BCUT2D eigenvalue weighted by Gasteiger charge is 2.57. The van der Waals surface area contributed by atoms with Gasteiger partial charge in [-0.3, -0.25) is 4.79 Å². The molecule has 0 aromatic carbocycles. The van der Waals surface area contributed by atoms with E-state index in [1.165, 1.54) is 38.5 Å². The molecule has 3 unspecified atom stereocenters. The average Bonchev–Trinajstić information content (AvgIpc) is 2.85. The van der Waals surface area contributed by atoms with Crippen molar-refractivity contribution in [2.24, 2.45) is 17.3 Å². The Balaban J connectivity index is 1.36. The van der Waals surface area contributed by atoms with E-state index >= 15 is 0 Å². The van der Waals surface area contributed by atoms with Crippen molar-refractivity contribution in [2.75, 3.05) is 13.2 Å². The summed E-state index contributed by atoms with van der Waals surface area (Å²) >= 11 is 4.02. The average molecular weight is 356 g/mol. The normalized spacial score (nSPS) is 47.8. The van der Waals surface area contributed by atoms with Gasteiger partial charge in [0.15, 0.2) is 0 Å². The summed E-state index contributed by atoms with van der Waals surface area (Å²) in [5, 5.41) is 3.13. The number of ether oxygens (including phenoxy) is 1. The molecule has 5 rings (SSSR count). The molecule has 5 aliphatic rings. The van der Waals surface area contributed by atoms with Crippen molar-refractivity contribution in [1.82, 2.24) is 5.32 Å². The Kier molecular flexibility index (Phi) is 3.61. The van der Waals surface area contributed by atoms with Gasteiger partial charge in [0.1, 0.15) is 0 Å². The highest BCUT2D eigenvalue weighted by molar-refractivity contribution is 9.10. The molecule has 4 bridgehead atoms. The zero-order valence-corrected chi connectivity index (χ0v) is 14.3. The number of carbonyl (C=O) groups excluding carboxylic acids is 1. The Morgan fingerprint density at radius 3 is 2.62 bits per heavy atom. The second-order valence-corrected chi connectivity index (χ2v) is 9.91. The van der Waals surface area contributed by atoms with Gasteiger partial charge in [-0.1, -0.05) is 15.9 Å². The van der Waals surface area contributed by atoms with E-state index in [4.69, 9.17) is 4.74 Å². The third-order valence-corrected chi connectivity index (χ3v) is 7.13. The SMILES string of the molecule is O=C(CC12CC3CC(CC(Br)(C3)C1)C2)NCC1CCCO1. The molecule has 1 aliphatic heterocycles. The molecule has 118 valence electrons. The predicted molar refractivity (Wildman–Crippen MR) is 85.4 cm³/mol. The molecule has 3 nitrogen and oxygen atoms in total. The third-order valence-electron chi connectivity index (χ3n) is 6.20. The summed E-state index contributed by atoms with van der Waals surface area (Å²) in [4.78, 5) is 12.4. The number of alkyl halides is 1. The van der Waals surface area contributed by atoms with E-state index < -0.39 is 0 Å². The summed E-state index contributed by atoms with van der Waals surface area (Å²) in [5.41, 5.74) is 0.286. The summed E-state index contributed by atoms with van der Waals surface area (Å²) in [6, 6.07) is 0. The van der Waals surface area contributed by atoms with Crippen LogP contribution in [0, 0.1) is 17.3 Å². The number of halogens is 1. The van der Waals surface area contributed by atoms with Gasteiger partial charge in [-0.2, -0.15) is 0 Å². The van der Waals surface area contributed by atoms with Crippen LogP contribution in [0.15, 0.2) is 0 Å². The van der Waals surface area contributed by atoms with Crippen LogP contribution in [-0.4, -0.2) is 29.5 Å². The highest BCUT2D eigenvalue weighted by Crippen LogP contribution is 2.65. The molecule has 0 aromatic heterocycles. The number of hydrogen-bond acceptors (Lipinski definition) is 2. The first-order valence-corrected chi connectivity index (χ1v) is 9.41. The first-order valence-electron chi connectivity index (χ1n) is 8.62. The lowest BCUT2D eigenvalue weighted by Crippen LogP contribution is -2.54. The molecule has 3 atom stereocenters. The van der Waals surface area contributed by atoms with E-state index in [0.29, 0.717) is 10.9 Å². The first kappa shape index (κ1) is 14.5. The summed E-state index contributed by atoms with van der Waals surface area (Å²) in [6.07, 6.45) is 11.1. The van der Waals surface area contributed by atoms with Gasteiger partial charge in [-0.15, -0.1) is 0 Å². The minimum absolute atomic E-state index is 0.253. The molecule has 5 fully saturated rings. The predicted octanol–water partition coefficient (Wildman–Crippen LogP) is 3.41. The fourth-order valence-electron chi connectivity index (χ4n) is 5.98. The Bertz CT molecular complexity index is 419. The van der Waals surface area contributed by atoms with Crippen molar-refractivity contribution < 1.29 is 9.53 Å². The van der Waals surface area contributed by atoms with Crippen LogP contribution >= 0.6 is 15.9 Å². The van der Waals surface area contributed by atoms with Crippen molar-refractivity contribution in [1.29, 1.82) is 0 Å². The van der Waals surface area contributed by atoms with Gasteiger partial charge < -0.3 is 10.1 Å². The molecule has 1 saturated heterocycles. The second-order valence-electron chi connectivity index (χ2n) is 8.23. The van der Waals surface area contributed by atoms with Crippen LogP contribution in [-0.2, 0) is 9.53 Å². The fraction of sp³-hybridized carbons (Fsp3) is 0.941. The molecular formula is C17H26BrNO2. The standard InChI is InChI=1S/C17H26BrNO2/c18-17-7-12-4-13(8-17)6-16(5-12,11-17)9-15(20)19-10-14-2-1-3-21-14/h12-14H,1-11H2,(H,19,20). The van der Waals surface area contributed by atoms with Crippen LogP contribution in [0.4, 0.5) is 0 Å². The molecule has 21 heavy (non-hydrogen) atoms. The molecule has 0 spiro atoms. The van der Waals surface area contributed by atoms with Gasteiger partial charge in [0.05, 0.1) is 6.10 Å². The summed E-state index contributed by atoms with van der Waals surface area (Å²) in [6.45, 7) is 1.57. The van der Waals surface area contributed by atoms with E-state index in [0.717, 1.165) is 37.7 Å². The van der Waals surface area contributed by atoms with Gasteiger partial charge in [0.2, 0.25) is 5.91 Å². The molecule has 4 saturated carbocycles. The lowest BCUT2D eigenvalue weighted by molar-refractivity contribution is -0.128. The third kappa shape index (κ3) is 2.90. The Morgan fingerprint density at radius 2 is 2.00 bits per heavy atom. The van der Waals surface area contributed by atoms with Crippen molar-refractivity contribution >= 4 is 21.8 Å². The van der Waals surface area contributed by atoms with Gasteiger partial charge in [0, 0.05) is 23.9 Å². The number of nitrogens with one attached hydrogen (secondary N) is 1. The van der Waals surface area contributed by atoms with Crippen molar-refractivity contribution in [3.05, 3.63) is 0 Å². The van der Waals surface area contributed by atoms with E-state index in [9.17, 15) is 4.79 Å². The molecule has 0 aromatic rings. The topological polar surface area (TPSA) is 38.3 Å². The van der Waals surface area contributed by atoms with Gasteiger partial charge in [0.25, 0.3) is 0 Å². The Morgan fingerprint density at radius 1 is 1.24 bits per heavy atom. The maximum Gasteiger partial charge on any atom is 0.220 e. The summed E-state index contributed by atoms with van der Waals surface area (Å²) in [7, 11) is 0. The zero-order chi connectivity index (χ0) is 14.5. The highest BCUT2D eigenvalue weighted by atomic mass is 79.9. The van der Waals surface area contributed by atoms with Crippen molar-refractivity contribution in [3.8, 4) is 0 Å². The monoisotopic (exact) mass is 355 g/mol. The molecule has 1 amide bonds. The Labute approximate surface area is 135 Å². The van der Waals surface area contributed by atoms with Crippen LogP contribution in [0.1, 0.15) is 57.8 Å². The van der Waals surface area contributed by atoms with E-state index in [-0.39, 0.29) is 17.4 Å². The Hall–Kier alpha value is -0.0900. The maximum atomic E-state index is 12.4. The lowest BCUT2D eigenvalue weighted by Gasteiger charge is -2.60. The fourth-order valence-corrected chi connectivity index (χ4v) is 7.49. The molecule has 0 radical (unpaired) electrons. The number of rotatable bonds is 4. The zero-order valence-electron chi connectivity index (χ0n) is 12.7. The van der Waals surface area contributed by atoms with Crippen molar-refractivity contribution in [3.63, 3.8) is 0 Å². The molecule has 1 N–H and O–H groups in total. The largest absolute Gasteiger partial charge is 0.376 e. The molecular weight excluding hydrogens is 330 g/mol.